The summed E-state index contributed by atoms with van der Waals surface area (Å²) in [6.07, 6.45) is 3.34. The highest BCUT2D eigenvalue weighted by Crippen LogP contribution is 2.11. The van der Waals surface area contributed by atoms with Gasteiger partial charge in [0.1, 0.15) is 0 Å². The summed E-state index contributed by atoms with van der Waals surface area (Å²) in [7, 11) is 2.08. The van der Waals surface area contributed by atoms with Crippen LogP contribution >= 0.6 is 45.2 Å². The van der Waals surface area contributed by atoms with Crippen molar-refractivity contribution in [2.45, 2.75) is 19.9 Å². The van der Waals surface area contributed by atoms with E-state index in [0.29, 0.717) is 0 Å². The van der Waals surface area contributed by atoms with Gasteiger partial charge in [0.05, 0.1) is 13.6 Å². The van der Waals surface area contributed by atoms with E-state index in [9.17, 15) is 0 Å². The van der Waals surface area contributed by atoms with Gasteiger partial charge >= 0.3 is 0 Å². The largest absolute Gasteiger partial charge is 0.245 e. The van der Waals surface area contributed by atoms with Gasteiger partial charge in [0.15, 0.2) is 0 Å². The molecule has 0 aliphatic rings. The van der Waals surface area contributed by atoms with E-state index >= 15 is 0 Å². The van der Waals surface area contributed by atoms with Crippen LogP contribution < -0.4 is 4.57 Å². The fourth-order valence-electron chi connectivity index (χ4n) is 0.971. The average Bonchev–Trinajstić information content (AvgIpc) is 2.19. The molecule has 4 heteroatoms. The van der Waals surface area contributed by atoms with Gasteiger partial charge in [0.2, 0.25) is 13.7 Å². The molecule has 1 aromatic rings. The van der Waals surface area contributed by atoms with E-state index in [2.05, 4.69) is 74.6 Å². The Hall–Kier alpha value is 0.670. The molecule has 0 amide bonds. The number of imidazole rings is 1. The highest BCUT2D eigenvalue weighted by molar-refractivity contribution is 14.1. The molecule has 1 aromatic heterocycles. The third-order valence-corrected chi connectivity index (χ3v) is 4.94. The van der Waals surface area contributed by atoms with Crippen LogP contribution in [0.15, 0.2) is 6.33 Å². The summed E-state index contributed by atoms with van der Waals surface area (Å²) in [5.74, 6) is 0. The second kappa shape index (κ2) is 4.06. The molecule has 0 aromatic carbocycles. The Balaban J connectivity index is 2.98. The first-order valence-electron chi connectivity index (χ1n) is 3.56. The molecule has 1 rings (SSSR count). The molecule has 0 aliphatic carbocycles. The predicted octanol–water partition coefficient (Wildman–Crippen LogP) is 1.93. The van der Waals surface area contributed by atoms with Crippen LogP contribution in [0.3, 0.4) is 0 Å². The lowest BCUT2D eigenvalue weighted by Crippen LogP contribution is -2.28. The minimum atomic E-state index is 1.12. The molecular weight excluding hydrogens is 366 g/mol. The van der Waals surface area contributed by atoms with Gasteiger partial charge in [-0.25, -0.2) is 9.13 Å². The zero-order valence-corrected chi connectivity index (χ0v) is 11.0. The van der Waals surface area contributed by atoms with E-state index in [0.717, 1.165) is 6.54 Å². The second-order valence-corrected chi connectivity index (χ2v) is 4.55. The van der Waals surface area contributed by atoms with E-state index in [-0.39, 0.29) is 0 Å². The molecule has 0 unspecified atom stereocenters. The maximum atomic E-state index is 2.38. The van der Waals surface area contributed by atoms with E-state index in [1.165, 1.54) is 13.8 Å². The molecule has 0 bridgehead atoms. The number of nitrogens with zero attached hydrogens (tertiary/aromatic N) is 2. The molecule has 0 radical (unpaired) electrons. The van der Waals surface area contributed by atoms with Crippen LogP contribution in [0.2, 0.25) is 0 Å². The van der Waals surface area contributed by atoms with Crippen molar-refractivity contribution in [1.82, 2.24) is 4.57 Å². The predicted molar refractivity (Wildman–Crippen MR) is 61.3 cm³/mol. The van der Waals surface area contributed by atoms with Crippen LogP contribution in [0.25, 0.3) is 0 Å². The first-order valence-corrected chi connectivity index (χ1v) is 5.72. The Morgan fingerprint density at radius 3 is 2.55 bits per heavy atom. The highest BCUT2D eigenvalue weighted by atomic mass is 127. The molecule has 1 heterocycles. The van der Waals surface area contributed by atoms with Crippen LogP contribution in [-0.2, 0) is 13.6 Å². The molecule has 62 valence electrons. The summed E-state index contributed by atoms with van der Waals surface area (Å²) in [5.41, 5.74) is 0. The van der Waals surface area contributed by atoms with Gasteiger partial charge < -0.3 is 0 Å². The number of aryl methyl sites for hydroxylation is 2. The quantitative estimate of drug-likeness (QED) is 0.551. The molecule has 0 atom stereocenters. The Kier molecular flexibility index (Phi) is 3.60. The van der Waals surface area contributed by atoms with Gasteiger partial charge in [0, 0.05) is 45.2 Å². The van der Waals surface area contributed by atoms with Crippen molar-refractivity contribution in [3.05, 3.63) is 13.7 Å². The smallest absolute Gasteiger partial charge is 0.227 e. The topological polar surface area (TPSA) is 8.81 Å². The van der Waals surface area contributed by atoms with Crippen molar-refractivity contribution in [2.24, 2.45) is 7.05 Å². The average molecular weight is 377 g/mol. The highest BCUT2D eigenvalue weighted by Gasteiger charge is 2.14. The van der Waals surface area contributed by atoms with Crippen molar-refractivity contribution in [2.75, 3.05) is 0 Å². The zero-order chi connectivity index (χ0) is 8.43. The molecule has 0 saturated heterocycles. The minimum absolute atomic E-state index is 1.12. The van der Waals surface area contributed by atoms with Crippen LogP contribution in [0.1, 0.15) is 13.3 Å². The van der Waals surface area contributed by atoms with Crippen LogP contribution in [-0.4, -0.2) is 4.57 Å². The van der Waals surface area contributed by atoms with Crippen molar-refractivity contribution in [1.29, 1.82) is 0 Å². The summed E-state index contributed by atoms with van der Waals surface area (Å²) in [6, 6.07) is 0. The third kappa shape index (κ3) is 2.07. The molecule has 11 heavy (non-hydrogen) atoms. The summed E-state index contributed by atoms with van der Waals surface area (Å²) in [5, 5.41) is 0. The molecule has 2 nitrogen and oxygen atoms in total. The van der Waals surface area contributed by atoms with Crippen molar-refractivity contribution in [3.8, 4) is 0 Å². The maximum Gasteiger partial charge on any atom is 0.245 e. The van der Waals surface area contributed by atoms with Gasteiger partial charge in [-0.05, 0) is 6.42 Å². The molecule has 0 aliphatic heterocycles. The summed E-state index contributed by atoms with van der Waals surface area (Å²) in [4.78, 5) is 0. The normalized spacial score (nSPS) is 10.5. The first-order chi connectivity index (χ1) is 5.16. The fraction of sp³-hybridized carbons (Fsp3) is 0.571. The Labute approximate surface area is 94.3 Å². The van der Waals surface area contributed by atoms with Crippen molar-refractivity contribution in [3.63, 3.8) is 0 Å². The second-order valence-electron chi connectivity index (χ2n) is 2.50. The van der Waals surface area contributed by atoms with Gasteiger partial charge in [0.25, 0.3) is 0 Å². The van der Waals surface area contributed by atoms with Gasteiger partial charge in [-0.3, -0.25) is 0 Å². The van der Waals surface area contributed by atoms with Gasteiger partial charge in [-0.1, -0.05) is 6.92 Å². The summed E-state index contributed by atoms with van der Waals surface area (Å²) >= 11 is 4.75. The van der Waals surface area contributed by atoms with Crippen LogP contribution in [0.4, 0.5) is 0 Å². The van der Waals surface area contributed by atoms with Crippen molar-refractivity contribution >= 4 is 45.2 Å². The van der Waals surface area contributed by atoms with Crippen LogP contribution in [0, 0.1) is 7.40 Å². The number of hydrogen-bond donors (Lipinski definition) is 0. The number of halogens is 2. The lowest BCUT2D eigenvalue weighted by atomic mass is 10.5. The van der Waals surface area contributed by atoms with Crippen molar-refractivity contribution < 1.29 is 4.57 Å². The van der Waals surface area contributed by atoms with E-state index < -0.39 is 0 Å². The zero-order valence-electron chi connectivity index (χ0n) is 6.64. The lowest BCUT2D eigenvalue weighted by Gasteiger charge is -1.90. The number of rotatable bonds is 2. The molecule has 0 fully saturated rings. The van der Waals surface area contributed by atoms with Gasteiger partial charge in [-0.2, -0.15) is 0 Å². The molecular formula is C7H11I2N2+. The monoisotopic (exact) mass is 377 g/mol. The van der Waals surface area contributed by atoms with E-state index in [1.54, 1.807) is 0 Å². The number of aromatic nitrogens is 2. The Bertz CT molecular complexity index is 255. The summed E-state index contributed by atoms with van der Waals surface area (Å²) < 4.78 is 7.09. The lowest BCUT2D eigenvalue weighted by molar-refractivity contribution is -0.683. The Morgan fingerprint density at radius 1 is 1.55 bits per heavy atom. The minimum Gasteiger partial charge on any atom is -0.227 e. The van der Waals surface area contributed by atoms with E-state index in [4.69, 9.17) is 0 Å². The van der Waals surface area contributed by atoms with E-state index in [1.807, 2.05) is 0 Å². The standard InChI is InChI=1S/C7H11I2N2/c1-3-4-11-5-10(2)6(8)7(11)9/h5H,3-4H2,1-2H3/q+1. The fourth-order valence-corrected chi connectivity index (χ4v) is 2.15. The number of hydrogen-bond acceptors (Lipinski definition) is 0. The van der Waals surface area contributed by atoms with Crippen LogP contribution in [0.5, 0.6) is 0 Å². The SMILES string of the molecule is CCCn1c[n+](C)c(I)c1I. The summed E-state index contributed by atoms with van der Waals surface area (Å²) in [6.45, 7) is 3.32. The Morgan fingerprint density at radius 2 is 2.18 bits per heavy atom. The molecule has 0 saturated carbocycles. The molecule has 0 spiro atoms. The first kappa shape index (κ1) is 9.76. The maximum absolute atomic E-state index is 2.38. The molecule has 0 N–H and O–H groups in total. The van der Waals surface area contributed by atoms with Gasteiger partial charge in [-0.15, -0.1) is 0 Å². The third-order valence-electron chi connectivity index (χ3n) is 1.51.